The number of esters is 1. The zero-order chi connectivity index (χ0) is 18.6. The normalized spacial score (nSPS) is 27.8. The van der Waals surface area contributed by atoms with E-state index in [4.69, 9.17) is 9.47 Å². The average molecular weight is 342 g/mol. The Morgan fingerprint density at radius 1 is 1.40 bits per heavy atom. The van der Waals surface area contributed by atoms with Gasteiger partial charge in [0, 0.05) is 5.92 Å². The van der Waals surface area contributed by atoms with Crippen LogP contribution < -0.4 is 4.74 Å². The molecule has 136 valence electrons. The molecule has 2 rings (SSSR count). The Morgan fingerprint density at radius 3 is 2.68 bits per heavy atom. The molecule has 1 aliphatic carbocycles. The number of hydrogen-bond acceptors (Lipinski definition) is 3. The molecular weight excluding hydrogens is 312 g/mol. The number of carbonyl (C=O) groups excluding carboxylic acids is 1. The van der Waals surface area contributed by atoms with Gasteiger partial charge in [-0.2, -0.15) is 0 Å². The van der Waals surface area contributed by atoms with Crippen molar-refractivity contribution in [3.8, 4) is 5.75 Å². The summed E-state index contributed by atoms with van der Waals surface area (Å²) in [5.41, 5.74) is 2.31. The number of methoxy groups -OCH3 is 1. The molecule has 3 heteroatoms. The van der Waals surface area contributed by atoms with E-state index in [9.17, 15) is 4.79 Å². The van der Waals surface area contributed by atoms with Crippen LogP contribution in [0, 0.1) is 11.8 Å². The van der Waals surface area contributed by atoms with Gasteiger partial charge in [-0.25, -0.2) is 4.79 Å². The monoisotopic (exact) mass is 342 g/mol. The Kier molecular flexibility index (Phi) is 6.10. The number of allylic oxidation sites excluding steroid dienone is 2. The van der Waals surface area contributed by atoms with Crippen molar-refractivity contribution in [3.63, 3.8) is 0 Å². The van der Waals surface area contributed by atoms with Gasteiger partial charge in [-0.15, -0.1) is 0 Å². The molecule has 0 bridgehead atoms. The van der Waals surface area contributed by atoms with Crippen molar-refractivity contribution < 1.29 is 14.3 Å². The van der Waals surface area contributed by atoms with Crippen LogP contribution in [0.3, 0.4) is 0 Å². The van der Waals surface area contributed by atoms with Gasteiger partial charge in [0.1, 0.15) is 16.9 Å². The lowest BCUT2D eigenvalue weighted by Gasteiger charge is -2.46. The predicted molar refractivity (Wildman–Crippen MR) is 103 cm³/mol. The molecule has 1 aromatic rings. The molecule has 1 aliphatic rings. The molecule has 3 atom stereocenters. The van der Waals surface area contributed by atoms with E-state index in [2.05, 4.69) is 40.3 Å². The summed E-state index contributed by atoms with van der Waals surface area (Å²) in [5, 5.41) is 0. The van der Waals surface area contributed by atoms with Crippen molar-refractivity contribution >= 4 is 12.0 Å². The van der Waals surface area contributed by atoms with Gasteiger partial charge in [-0.1, -0.05) is 44.2 Å². The molecule has 1 fully saturated rings. The third-order valence-corrected chi connectivity index (χ3v) is 5.76. The molecule has 0 spiro atoms. The van der Waals surface area contributed by atoms with Crippen molar-refractivity contribution in [2.45, 2.75) is 52.6 Å². The Labute approximate surface area is 151 Å². The smallest absolute Gasteiger partial charge is 0.342 e. The quantitative estimate of drug-likeness (QED) is 0.512. The van der Waals surface area contributed by atoms with E-state index < -0.39 is 5.60 Å². The predicted octanol–water partition coefficient (Wildman–Crippen LogP) is 5.66. The third kappa shape index (κ3) is 3.81. The first-order valence-corrected chi connectivity index (χ1v) is 9.07. The summed E-state index contributed by atoms with van der Waals surface area (Å²) in [6, 6.07) is 5.44. The highest BCUT2D eigenvalue weighted by molar-refractivity contribution is 5.93. The molecule has 0 heterocycles. The van der Waals surface area contributed by atoms with Crippen LogP contribution >= 0.6 is 0 Å². The third-order valence-electron chi connectivity index (χ3n) is 5.76. The van der Waals surface area contributed by atoms with Gasteiger partial charge in [0.25, 0.3) is 0 Å². The van der Waals surface area contributed by atoms with Crippen LogP contribution in [0.1, 0.15) is 62.9 Å². The van der Waals surface area contributed by atoms with E-state index in [1.54, 1.807) is 25.3 Å². The van der Waals surface area contributed by atoms with Crippen LogP contribution in [0.25, 0.3) is 6.08 Å². The van der Waals surface area contributed by atoms with Crippen LogP contribution in [0.5, 0.6) is 5.75 Å². The maximum absolute atomic E-state index is 13.0. The Morgan fingerprint density at radius 2 is 2.12 bits per heavy atom. The SMILES string of the molecule is C=Cc1ccc(OC)c(C(=O)OC2(C)C(C)CC(=CC)CC2CC)c1. The fourth-order valence-electron chi connectivity index (χ4n) is 3.84. The van der Waals surface area contributed by atoms with Crippen LogP contribution in [0.15, 0.2) is 36.4 Å². The van der Waals surface area contributed by atoms with Gasteiger partial charge in [0.05, 0.1) is 7.11 Å². The number of carbonyl (C=O) groups is 1. The molecule has 0 aromatic heterocycles. The first kappa shape index (κ1) is 19.3. The fraction of sp³-hybridized carbons (Fsp3) is 0.500. The molecule has 0 N–H and O–H groups in total. The average Bonchev–Trinajstić information content (AvgIpc) is 2.63. The van der Waals surface area contributed by atoms with E-state index in [0.29, 0.717) is 17.2 Å². The minimum absolute atomic E-state index is 0.273. The highest BCUT2D eigenvalue weighted by atomic mass is 16.6. The van der Waals surface area contributed by atoms with Crippen molar-refractivity contribution in [3.05, 3.63) is 47.6 Å². The second-order valence-corrected chi connectivity index (χ2v) is 7.10. The molecule has 0 amide bonds. The second kappa shape index (κ2) is 7.90. The van der Waals surface area contributed by atoms with Gasteiger partial charge < -0.3 is 9.47 Å². The standard InChI is InChI=1S/C22H30O3/c1-7-16-10-11-20(24-6)19(14-16)21(23)25-22(5)15(4)12-17(8-2)13-18(22)9-3/h7-8,10-11,14-15,18H,1,9,12-13H2,2-6H3. The molecule has 1 saturated carbocycles. The van der Waals surface area contributed by atoms with Gasteiger partial charge in [0.15, 0.2) is 0 Å². The van der Waals surface area contributed by atoms with E-state index in [1.165, 1.54) is 5.57 Å². The minimum Gasteiger partial charge on any atom is -0.496 e. The van der Waals surface area contributed by atoms with Crippen LogP contribution in [-0.4, -0.2) is 18.7 Å². The zero-order valence-electron chi connectivity index (χ0n) is 16.1. The summed E-state index contributed by atoms with van der Waals surface area (Å²) in [6.07, 6.45) is 6.87. The lowest BCUT2D eigenvalue weighted by atomic mass is 9.67. The molecule has 25 heavy (non-hydrogen) atoms. The number of ether oxygens (including phenoxy) is 2. The zero-order valence-corrected chi connectivity index (χ0v) is 16.1. The summed E-state index contributed by atoms with van der Waals surface area (Å²) in [6.45, 7) is 12.3. The van der Waals surface area contributed by atoms with Crippen LogP contribution in [0.4, 0.5) is 0 Å². The Balaban J connectivity index is 2.33. The molecule has 3 unspecified atom stereocenters. The molecule has 0 radical (unpaired) electrons. The topological polar surface area (TPSA) is 35.5 Å². The summed E-state index contributed by atoms with van der Waals surface area (Å²) >= 11 is 0. The molecule has 1 aromatic carbocycles. The van der Waals surface area contributed by atoms with Crippen LogP contribution in [-0.2, 0) is 4.74 Å². The Hall–Kier alpha value is -2.03. The van der Waals surface area contributed by atoms with E-state index in [-0.39, 0.29) is 11.9 Å². The van der Waals surface area contributed by atoms with Crippen molar-refractivity contribution in [2.75, 3.05) is 7.11 Å². The summed E-state index contributed by atoms with van der Waals surface area (Å²) in [5.74, 6) is 0.803. The summed E-state index contributed by atoms with van der Waals surface area (Å²) < 4.78 is 11.5. The van der Waals surface area contributed by atoms with Gasteiger partial charge in [0.2, 0.25) is 0 Å². The van der Waals surface area contributed by atoms with E-state index in [1.807, 2.05) is 6.07 Å². The fourth-order valence-corrected chi connectivity index (χ4v) is 3.84. The molecular formula is C22H30O3. The molecule has 0 saturated heterocycles. The number of benzene rings is 1. The first-order chi connectivity index (χ1) is 11.9. The summed E-state index contributed by atoms with van der Waals surface area (Å²) in [4.78, 5) is 13.0. The van der Waals surface area contributed by atoms with Gasteiger partial charge >= 0.3 is 5.97 Å². The van der Waals surface area contributed by atoms with Gasteiger partial charge in [-0.3, -0.25) is 0 Å². The molecule has 0 aliphatic heterocycles. The maximum Gasteiger partial charge on any atom is 0.342 e. The lowest BCUT2D eigenvalue weighted by Crippen LogP contribution is -2.48. The Bertz CT molecular complexity index is 674. The van der Waals surface area contributed by atoms with Gasteiger partial charge in [-0.05, 0) is 56.7 Å². The summed E-state index contributed by atoms with van der Waals surface area (Å²) in [7, 11) is 1.57. The number of rotatable bonds is 5. The minimum atomic E-state index is -0.479. The van der Waals surface area contributed by atoms with Crippen molar-refractivity contribution in [1.29, 1.82) is 0 Å². The van der Waals surface area contributed by atoms with E-state index in [0.717, 1.165) is 24.8 Å². The highest BCUT2D eigenvalue weighted by Gasteiger charge is 2.45. The highest BCUT2D eigenvalue weighted by Crippen LogP contribution is 2.45. The van der Waals surface area contributed by atoms with Crippen molar-refractivity contribution in [2.24, 2.45) is 11.8 Å². The lowest BCUT2D eigenvalue weighted by molar-refractivity contribution is -0.0826. The first-order valence-electron chi connectivity index (χ1n) is 9.07. The maximum atomic E-state index is 13.0. The van der Waals surface area contributed by atoms with Crippen LogP contribution in [0.2, 0.25) is 0 Å². The van der Waals surface area contributed by atoms with Crippen molar-refractivity contribution in [1.82, 2.24) is 0 Å². The number of hydrogen-bond donors (Lipinski definition) is 0. The second-order valence-electron chi connectivity index (χ2n) is 7.10. The largest absolute Gasteiger partial charge is 0.496 e. The molecule has 3 nitrogen and oxygen atoms in total. The van der Waals surface area contributed by atoms with E-state index >= 15 is 0 Å².